The van der Waals surface area contributed by atoms with E-state index in [0.717, 1.165) is 39.1 Å². The molecule has 0 saturated heterocycles. The lowest BCUT2D eigenvalue weighted by atomic mass is 9.92. The van der Waals surface area contributed by atoms with E-state index in [9.17, 15) is 0 Å². The molecule has 0 bridgehead atoms. The Morgan fingerprint density at radius 2 is 1.92 bits per heavy atom. The van der Waals surface area contributed by atoms with Crippen molar-refractivity contribution in [2.75, 3.05) is 12.4 Å². The van der Waals surface area contributed by atoms with Gasteiger partial charge in [0.2, 0.25) is 0 Å². The molecule has 0 saturated carbocycles. The van der Waals surface area contributed by atoms with Crippen molar-refractivity contribution >= 4 is 33.4 Å². The van der Waals surface area contributed by atoms with Crippen molar-refractivity contribution in [2.24, 2.45) is 0 Å². The smallest absolute Gasteiger partial charge is 0.158 e. The second-order valence-electron chi connectivity index (χ2n) is 7.04. The molecule has 128 valence electrons. The SMILES string of the molecule is COc1ccc2nc(Nc3cc(C(C)(C)C)[nH]n3)c3[nH]ncc3c2c1. The van der Waals surface area contributed by atoms with Crippen LogP contribution < -0.4 is 10.1 Å². The van der Waals surface area contributed by atoms with Crippen molar-refractivity contribution in [1.82, 2.24) is 25.4 Å². The van der Waals surface area contributed by atoms with Gasteiger partial charge in [0.15, 0.2) is 11.6 Å². The molecule has 0 spiro atoms. The van der Waals surface area contributed by atoms with Gasteiger partial charge >= 0.3 is 0 Å². The maximum absolute atomic E-state index is 5.32. The average molecular weight is 336 g/mol. The number of rotatable bonds is 3. The van der Waals surface area contributed by atoms with Gasteiger partial charge in [0, 0.05) is 27.9 Å². The van der Waals surface area contributed by atoms with E-state index in [2.05, 4.69) is 46.5 Å². The molecular formula is C18H20N6O. The van der Waals surface area contributed by atoms with E-state index < -0.39 is 0 Å². The predicted octanol–water partition coefficient (Wildman–Crippen LogP) is 3.88. The Balaban J connectivity index is 1.81. The Kier molecular flexibility index (Phi) is 3.38. The first-order chi connectivity index (χ1) is 12.0. The summed E-state index contributed by atoms with van der Waals surface area (Å²) >= 11 is 0. The van der Waals surface area contributed by atoms with Gasteiger partial charge in [0.1, 0.15) is 11.3 Å². The highest BCUT2D eigenvalue weighted by Gasteiger charge is 2.18. The number of anilines is 2. The van der Waals surface area contributed by atoms with Crippen molar-refractivity contribution in [3.63, 3.8) is 0 Å². The molecule has 0 amide bonds. The summed E-state index contributed by atoms with van der Waals surface area (Å²) in [5.41, 5.74) is 2.76. The molecule has 1 aromatic carbocycles. The minimum Gasteiger partial charge on any atom is -0.497 e. The number of fused-ring (bicyclic) bond motifs is 3. The van der Waals surface area contributed by atoms with E-state index in [1.54, 1.807) is 13.3 Å². The number of nitrogens with zero attached hydrogens (tertiary/aromatic N) is 3. The largest absolute Gasteiger partial charge is 0.497 e. The van der Waals surface area contributed by atoms with Crippen LogP contribution in [0.25, 0.3) is 21.8 Å². The van der Waals surface area contributed by atoms with Gasteiger partial charge in [0.25, 0.3) is 0 Å². The third kappa shape index (κ3) is 2.67. The van der Waals surface area contributed by atoms with Crippen LogP contribution in [0, 0.1) is 0 Å². The van der Waals surface area contributed by atoms with Crippen molar-refractivity contribution in [3.05, 3.63) is 36.2 Å². The van der Waals surface area contributed by atoms with Gasteiger partial charge in [0.05, 0.1) is 18.8 Å². The number of H-pyrrole nitrogens is 2. The van der Waals surface area contributed by atoms with E-state index in [0.29, 0.717) is 5.82 Å². The highest BCUT2D eigenvalue weighted by molar-refractivity contribution is 6.09. The number of hydrogen-bond acceptors (Lipinski definition) is 5. The average Bonchev–Trinajstić information content (AvgIpc) is 3.23. The summed E-state index contributed by atoms with van der Waals surface area (Å²) < 4.78 is 5.32. The molecule has 0 unspecified atom stereocenters. The van der Waals surface area contributed by atoms with Crippen LogP contribution in [0.1, 0.15) is 26.5 Å². The van der Waals surface area contributed by atoms with E-state index >= 15 is 0 Å². The standard InChI is InChI=1S/C18H20N6O/c1-18(2,3)14-8-15(23-22-14)21-17-16-12(9-19-24-16)11-7-10(25-4)5-6-13(11)20-17/h5-9H,1-4H3,(H,19,24)(H2,20,21,22,23). The molecule has 0 aliphatic heterocycles. The van der Waals surface area contributed by atoms with Crippen molar-refractivity contribution in [2.45, 2.75) is 26.2 Å². The van der Waals surface area contributed by atoms with Gasteiger partial charge < -0.3 is 10.1 Å². The minimum absolute atomic E-state index is 0.00358. The zero-order valence-corrected chi connectivity index (χ0v) is 14.6. The fourth-order valence-corrected chi connectivity index (χ4v) is 2.78. The first-order valence-electron chi connectivity index (χ1n) is 8.09. The molecule has 7 heteroatoms. The number of nitrogens with one attached hydrogen (secondary N) is 3. The van der Waals surface area contributed by atoms with Crippen molar-refractivity contribution < 1.29 is 4.74 Å². The van der Waals surface area contributed by atoms with Crippen LogP contribution in [0.3, 0.4) is 0 Å². The maximum Gasteiger partial charge on any atom is 0.158 e. The van der Waals surface area contributed by atoms with E-state index in [-0.39, 0.29) is 5.41 Å². The van der Waals surface area contributed by atoms with Crippen LogP contribution in [0.2, 0.25) is 0 Å². The van der Waals surface area contributed by atoms with E-state index in [1.807, 2.05) is 24.3 Å². The van der Waals surface area contributed by atoms with Gasteiger partial charge in [-0.15, -0.1) is 0 Å². The Bertz CT molecular complexity index is 1060. The summed E-state index contributed by atoms with van der Waals surface area (Å²) in [4.78, 5) is 4.73. The van der Waals surface area contributed by atoms with Gasteiger partial charge in [-0.1, -0.05) is 20.8 Å². The zero-order chi connectivity index (χ0) is 17.6. The lowest BCUT2D eigenvalue weighted by Gasteiger charge is -2.14. The third-order valence-electron chi connectivity index (χ3n) is 4.23. The van der Waals surface area contributed by atoms with Crippen LogP contribution in [-0.2, 0) is 5.41 Å². The highest BCUT2D eigenvalue weighted by Crippen LogP contribution is 2.32. The zero-order valence-electron chi connectivity index (χ0n) is 14.6. The quantitative estimate of drug-likeness (QED) is 0.528. The molecule has 4 aromatic rings. The van der Waals surface area contributed by atoms with Crippen LogP contribution in [0.4, 0.5) is 11.6 Å². The molecule has 0 fully saturated rings. The molecule has 3 N–H and O–H groups in total. The Hall–Kier alpha value is -3.09. The Morgan fingerprint density at radius 3 is 2.64 bits per heavy atom. The first kappa shape index (κ1) is 15.4. The fourth-order valence-electron chi connectivity index (χ4n) is 2.78. The molecule has 3 heterocycles. The van der Waals surface area contributed by atoms with Crippen molar-refractivity contribution in [1.29, 1.82) is 0 Å². The molecule has 0 radical (unpaired) electrons. The van der Waals surface area contributed by atoms with E-state index in [1.165, 1.54) is 0 Å². The van der Waals surface area contributed by atoms with Gasteiger partial charge in [-0.2, -0.15) is 10.2 Å². The number of methoxy groups -OCH3 is 1. The van der Waals surface area contributed by atoms with Gasteiger partial charge in [-0.25, -0.2) is 4.98 Å². The molecule has 7 nitrogen and oxygen atoms in total. The molecule has 0 atom stereocenters. The Labute approximate surface area is 144 Å². The molecule has 4 rings (SSSR count). The summed E-state index contributed by atoms with van der Waals surface area (Å²) in [6.45, 7) is 6.41. The van der Waals surface area contributed by atoms with Crippen LogP contribution in [0.5, 0.6) is 5.75 Å². The van der Waals surface area contributed by atoms with Gasteiger partial charge in [-0.3, -0.25) is 10.2 Å². The number of benzene rings is 1. The van der Waals surface area contributed by atoms with Crippen LogP contribution in [0.15, 0.2) is 30.5 Å². The maximum atomic E-state index is 5.32. The molecule has 0 aliphatic rings. The molecular weight excluding hydrogens is 316 g/mol. The summed E-state index contributed by atoms with van der Waals surface area (Å²) in [7, 11) is 1.65. The lowest BCUT2D eigenvalue weighted by Crippen LogP contribution is -2.11. The molecule has 3 aromatic heterocycles. The number of aromatic amines is 2. The minimum atomic E-state index is 0.00358. The summed E-state index contributed by atoms with van der Waals surface area (Å²) in [6, 6.07) is 7.81. The van der Waals surface area contributed by atoms with Crippen LogP contribution >= 0.6 is 0 Å². The second-order valence-corrected chi connectivity index (χ2v) is 7.04. The molecule has 0 aliphatic carbocycles. The van der Waals surface area contributed by atoms with Crippen LogP contribution in [-0.4, -0.2) is 32.5 Å². The second kappa shape index (κ2) is 5.47. The predicted molar refractivity (Wildman–Crippen MR) is 98.5 cm³/mol. The third-order valence-corrected chi connectivity index (χ3v) is 4.23. The summed E-state index contributed by atoms with van der Waals surface area (Å²) in [5, 5.41) is 19.9. The summed E-state index contributed by atoms with van der Waals surface area (Å²) in [6.07, 6.45) is 1.80. The molecule has 25 heavy (non-hydrogen) atoms. The summed E-state index contributed by atoms with van der Waals surface area (Å²) in [5.74, 6) is 2.21. The number of ether oxygens (including phenoxy) is 1. The first-order valence-corrected chi connectivity index (χ1v) is 8.09. The monoisotopic (exact) mass is 336 g/mol. The number of hydrogen-bond donors (Lipinski definition) is 3. The highest BCUT2D eigenvalue weighted by atomic mass is 16.5. The topological polar surface area (TPSA) is 91.5 Å². The van der Waals surface area contributed by atoms with E-state index in [4.69, 9.17) is 9.72 Å². The fraction of sp³-hybridized carbons (Fsp3) is 0.278. The number of pyridine rings is 1. The lowest BCUT2D eigenvalue weighted by molar-refractivity contribution is 0.415. The number of aromatic nitrogens is 5. The van der Waals surface area contributed by atoms with Crippen molar-refractivity contribution in [3.8, 4) is 5.75 Å². The van der Waals surface area contributed by atoms with Gasteiger partial charge in [-0.05, 0) is 18.2 Å². The normalized spacial score (nSPS) is 12.0. The Morgan fingerprint density at radius 1 is 1.08 bits per heavy atom.